The van der Waals surface area contributed by atoms with Gasteiger partial charge >= 0.3 is 0 Å². The summed E-state index contributed by atoms with van der Waals surface area (Å²) in [6, 6.07) is 5.61. The van der Waals surface area contributed by atoms with Crippen LogP contribution < -0.4 is 5.73 Å². The largest absolute Gasteiger partial charge is 0.381 e. The van der Waals surface area contributed by atoms with Crippen molar-refractivity contribution in [3.8, 4) is 11.5 Å². The van der Waals surface area contributed by atoms with Crippen LogP contribution >= 0.6 is 0 Å². The second kappa shape index (κ2) is 3.73. The first-order valence-corrected chi connectivity index (χ1v) is 4.85. The lowest BCUT2D eigenvalue weighted by Crippen LogP contribution is -1.89. The van der Waals surface area contributed by atoms with Crippen LogP contribution in [0.5, 0.6) is 0 Å². The second-order valence-corrected chi connectivity index (χ2v) is 3.75. The van der Waals surface area contributed by atoms with Crippen molar-refractivity contribution in [3.05, 3.63) is 30.0 Å². The van der Waals surface area contributed by atoms with Gasteiger partial charge in [0, 0.05) is 12.3 Å². The number of hydrogen-bond acceptors (Lipinski definition) is 4. The Hall–Kier alpha value is -1.84. The Morgan fingerprint density at radius 3 is 2.60 bits per heavy atom. The summed E-state index contributed by atoms with van der Waals surface area (Å²) in [4.78, 5) is 4.29. The molecule has 15 heavy (non-hydrogen) atoms. The van der Waals surface area contributed by atoms with E-state index in [-0.39, 0.29) is 0 Å². The van der Waals surface area contributed by atoms with E-state index in [2.05, 4.69) is 24.0 Å². The number of rotatable bonds is 2. The molecule has 2 aromatic rings. The van der Waals surface area contributed by atoms with Crippen molar-refractivity contribution in [3.63, 3.8) is 0 Å². The zero-order valence-electron chi connectivity index (χ0n) is 8.77. The summed E-state index contributed by atoms with van der Waals surface area (Å²) in [5.74, 6) is 1.45. The first-order chi connectivity index (χ1) is 7.16. The van der Waals surface area contributed by atoms with Crippen molar-refractivity contribution < 1.29 is 4.52 Å². The molecule has 0 unspecified atom stereocenters. The Kier molecular flexibility index (Phi) is 2.41. The van der Waals surface area contributed by atoms with Crippen LogP contribution in [0.2, 0.25) is 0 Å². The lowest BCUT2D eigenvalue weighted by atomic mass is 10.1. The zero-order valence-corrected chi connectivity index (χ0v) is 8.77. The first kappa shape index (κ1) is 9.71. The van der Waals surface area contributed by atoms with E-state index in [0.29, 0.717) is 17.5 Å². The van der Waals surface area contributed by atoms with Crippen molar-refractivity contribution >= 4 is 5.82 Å². The molecule has 0 spiro atoms. The summed E-state index contributed by atoms with van der Waals surface area (Å²) in [5, 5.41) is 3.61. The number of nitrogens with zero attached hydrogens (tertiary/aromatic N) is 2. The molecule has 2 rings (SSSR count). The van der Waals surface area contributed by atoms with E-state index >= 15 is 0 Å². The molecule has 2 aromatic heterocycles. The molecule has 78 valence electrons. The number of nitrogens with two attached hydrogens (primary N) is 1. The maximum atomic E-state index is 5.46. The van der Waals surface area contributed by atoms with E-state index in [4.69, 9.17) is 10.3 Å². The number of pyridine rings is 1. The van der Waals surface area contributed by atoms with Gasteiger partial charge in [-0.15, -0.1) is 0 Å². The Bertz CT molecular complexity index is 445. The second-order valence-electron chi connectivity index (χ2n) is 3.75. The fourth-order valence-electron chi connectivity index (χ4n) is 1.30. The van der Waals surface area contributed by atoms with E-state index in [1.54, 1.807) is 6.07 Å². The molecule has 2 N–H and O–H groups in total. The molecular weight excluding hydrogens is 190 g/mol. The van der Waals surface area contributed by atoms with Crippen LogP contribution in [0.1, 0.15) is 25.3 Å². The molecule has 0 atom stereocenters. The minimum absolute atomic E-state index is 0.375. The fourth-order valence-corrected chi connectivity index (χ4v) is 1.30. The topological polar surface area (TPSA) is 64.9 Å². The van der Waals surface area contributed by atoms with Gasteiger partial charge in [-0.1, -0.05) is 25.1 Å². The highest BCUT2D eigenvalue weighted by molar-refractivity contribution is 5.55. The highest BCUT2D eigenvalue weighted by Gasteiger charge is 2.06. The van der Waals surface area contributed by atoms with Gasteiger partial charge in [-0.05, 0) is 17.5 Å². The zero-order chi connectivity index (χ0) is 10.8. The summed E-state index contributed by atoms with van der Waals surface area (Å²) < 4.78 is 5.01. The minimum atomic E-state index is 0.375. The number of aromatic nitrogens is 2. The molecule has 2 heterocycles. The molecule has 0 aromatic carbocycles. The van der Waals surface area contributed by atoms with Crippen molar-refractivity contribution in [1.82, 2.24) is 10.1 Å². The van der Waals surface area contributed by atoms with Gasteiger partial charge in [0.1, 0.15) is 5.69 Å². The SMILES string of the molecule is CC(C)c1ccc(-c2cc(N)no2)nc1. The Morgan fingerprint density at radius 2 is 2.13 bits per heavy atom. The van der Waals surface area contributed by atoms with Gasteiger partial charge in [0.2, 0.25) is 0 Å². The maximum absolute atomic E-state index is 5.46. The van der Waals surface area contributed by atoms with Gasteiger partial charge in [-0.25, -0.2) is 0 Å². The van der Waals surface area contributed by atoms with Crippen molar-refractivity contribution in [2.24, 2.45) is 0 Å². The molecule has 0 aliphatic rings. The van der Waals surface area contributed by atoms with Gasteiger partial charge in [0.15, 0.2) is 11.6 Å². The lowest BCUT2D eigenvalue weighted by molar-refractivity contribution is 0.434. The van der Waals surface area contributed by atoms with Crippen LogP contribution in [-0.2, 0) is 0 Å². The van der Waals surface area contributed by atoms with E-state index in [1.165, 1.54) is 5.56 Å². The van der Waals surface area contributed by atoms with Gasteiger partial charge in [-0.3, -0.25) is 4.98 Å². The minimum Gasteiger partial charge on any atom is -0.381 e. The average Bonchev–Trinajstić information content (AvgIpc) is 2.65. The molecule has 0 aliphatic carbocycles. The van der Waals surface area contributed by atoms with Gasteiger partial charge in [0.25, 0.3) is 0 Å². The molecule has 0 fully saturated rings. The third-order valence-electron chi connectivity index (χ3n) is 2.23. The molecule has 0 amide bonds. The van der Waals surface area contributed by atoms with E-state index in [9.17, 15) is 0 Å². The number of hydrogen-bond donors (Lipinski definition) is 1. The molecule has 0 radical (unpaired) electrons. The Balaban J connectivity index is 2.31. The van der Waals surface area contributed by atoms with Crippen LogP contribution in [0.25, 0.3) is 11.5 Å². The summed E-state index contributed by atoms with van der Waals surface area (Å²) >= 11 is 0. The van der Waals surface area contributed by atoms with Crippen LogP contribution in [0.3, 0.4) is 0 Å². The summed E-state index contributed by atoms with van der Waals surface area (Å²) in [6.45, 7) is 4.26. The van der Waals surface area contributed by atoms with Crippen LogP contribution in [0.15, 0.2) is 28.9 Å². The first-order valence-electron chi connectivity index (χ1n) is 4.85. The van der Waals surface area contributed by atoms with E-state index in [1.807, 2.05) is 18.3 Å². The van der Waals surface area contributed by atoms with Crippen molar-refractivity contribution in [2.75, 3.05) is 5.73 Å². The quantitative estimate of drug-likeness (QED) is 0.814. The number of nitrogen functional groups attached to an aromatic ring is 1. The molecule has 4 heteroatoms. The smallest absolute Gasteiger partial charge is 0.187 e. The number of anilines is 1. The fraction of sp³-hybridized carbons (Fsp3) is 0.273. The molecule has 0 aliphatic heterocycles. The third-order valence-corrected chi connectivity index (χ3v) is 2.23. The standard InChI is InChI=1S/C11H13N3O/c1-7(2)8-3-4-9(13-6-8)10-5-11(12)14-15-10/h3-7H,1-2H3,(H2,12,14). The normalized spacial score (nSPS) is 10.9. The van der Waals surface area contributed by atoms with Gasteiger partial charge in [0.05, 0.1) is 0 Å². The lowest BCUT2D eigenvalue weighted by Gasteiger charge is -2.03. The van der Waals surface area contributed by atoms with E-state index < -0.39 is 0 Å². The monoisotopic (exact) mass is 203 g/mol. The van der Waals surface area contributed by atoms with Crippen molar-refractivity contribution in [2.45, 2.75) is 19.8 Å². The average molecular weight is 203 g/mol. The van der Waals surface area contributed by atoms with Crippen molar-refractivity contribution in [1.29, 1.82) is 0 Å². The maximum Gasteiger partial charge on any atom is 0.187 e. The molecule has 0 saturated heterocycles. The van der Waals surface area contributed by atoms with Crippen LogP contribution in [0, 0.1) is 0 Å². The molecule has 4 nitrogen and oxygen atoms in total. The third kappa shape index (κ3) is 1.98. The Morgan fingerprint density at radius 1 is 1.33 bits per heavy atom. The van der Waals surface area contributed by atoms with Gasteiger partial charge in [-0.2, -0.15) is 0 Å². The predicted molar refractivity (Wildman–Crippen MR) is 58.2 cm³/mol. The van der Waals surface area contributed by atoms with Gasteiger partial charge < -0.3 is 10.3 Å². The molecular formula is C11H13N3O. The highest BCUT2D eigenvalue weighted by Crippen LogP contribution is 2.21. The summed E-state index contributed by atoms with van der Waals surface area (Å²) in [7, 11) is 0. The summed E-state index contributed by atoms with van der Waals surface area (Å²) in [6.07, 6.45) is 1.85. The molecule has 0 saturated carbocycles. The van der Waals surface area contributed by atoms with Crippen LogP contribution in [-0.4, -0.2) is 10.1 Å². The Labute approximate surface area is 88.1 Å². The summed E-state index contributed by atoms with van der Waals surface area (Å²) in [5.41, 5.74) is 7.41. The predicted octanol–water partition coefficient (Wildman–Crippen LogP) is 2.44. The highest BCUT2D eigenvalue weighted by atomic mass is 16.5. The van der Waals surface area contributed by atoms with Crippen LogP contribution in [0.4, 0.5) is 5.82 Å². The van der Waals surface area contributed by atoms with E-state index in [0.717, 1.165) is 5.69 Å². The molecule has 0 bridgehead atoms.